The van der Waals surface area contributed by atoms with Crippen LogP contribution in [-0.2, 0) is 13.1 Å². The molecule has 0 aliphatic carbocycles. The number of guanidine groups is 1. The SMILES string of the molecule is CCNC(=NCc1cc(OC)c(OC)cc1OC)NCCCn1nc(C)cc1C.I. The Morgan fingerprint density at radius 2 is 1.67 bits per heavy atom. The van der Waals surface area contributed by atoms with Crippen molar-refractivity contribution in [1.29, 1.82) is 0 Å². The molecule has 2 N–H and O–H groups in total. The molecular weight excluding hydrogens is 497 g/mol. The molecule has 168 valence electrons. The molecule has 0 amide bonds. The van der Waals surface area contributed by atoms with E-state index in [1.165, 1.54) is 5.69 Å². The van der Waals surface area contributed by atoms with Gasteiger partial charge in [0, 0.05) is 37.0 Å². The largest absolute Gasteiger partial charge is 0.496 e. The van der Waals surface area contributed by atoms with Crippen LogP contribution in [0, 0.1) is 13.8 Å². The topological polar surface area (TPSA) is 81.9 Å². The van der Waals surface area contributed by atoms with Gasteiger partial charge in [-0.25, -0.2) is 4.99 Å². The molecular formula is C21H34IN5O3. The third kappa shape index (κ3) is 7.26. The van der Waals surface area contributed by atoms with Crippen LogP contribution in [0.25, 0.3) is 0 Å². The standard InChI is InChI=1S/C21H33N5O3.HI/c1-7-22-21(23-9-8-10-26-16(3)11-15(2)25-26)24-14-17-12-19(28-5)20(29-6)13-18(17)27-4;/h11-13H,7-10,14H2,1-6H3,(H2,22,23,24);1H. The zero-order valence-corrected chi connectivity index (χ0v) is 21.1. The zero-order valence-electron chi connectivity index (χ0n) is 18.7. The fourth-order valence-corrected chi connectivity index (χ4v) is 3.06. The number of aromatic nitrogens is 2. The first-order valence-electron chi connectivity index (χ1n) is 9.84. The predicted octanol–water partition coefficient (Wildman–Crippen LogP) is 3.29. The van der Waals surface area contributed by atoms with E-state index in [1.807, 2.05) is 30.7 Å². The van der Waals surface area contributed by atoms with Crippen molar-refractivity contribution >= 4 is 29.9 Å². The molecule has 9 heteroatoms. The van der Waals surface area contributed by atoms with Gasteiger partial charge in [0.1, 0.15) is 5.75 Å². The van der Waals surface area contributed by atoms with Crippen LogP contribution in [0.1, 0.15) is 30.3 Å². The normalized spacial score (nSPS) is 10.9. The van der Waals surface area contributed by atoms with Crippen LogP contribution in [0.5, 0.6) is 17.2 Å². The quantitative estimate of drug-likeness (QED) is 0.212. The van der Waals surface area contributed by atoms with Gasteiger partial charge in [0.15, 0.2) is 17.5 Å². The molecule has 0 unspecified atom stereocenters. The van der Waals surface area contributed by atoms with Gasteiger partial charge in [-0.3, -0.25) is 4.68 Å². The molecule has 2 aromatic rings. The number of halogens is 1. The van der Waals surface area contributed by atoms with E-state index in [0.717, 1.165) is 43.3 Å². The van der Waals surface area contributed by atoms with Crippen molar-refractivity contribution in [2.75, 3.05) is 34.4 Å². The van der Waals surface area contributed by atoms with Crippen molar-refractivity contribution in [3.8, 4) is 17.2 Å². The minimum absolute atomic E-state index is 0. The number of ether oxygens (including phenoxy) is 3. The van der Waals surface area contributed by atoms with E-state index in [2.05, 4.69) is 33.7 Å². The molecule has 0 aliphatic heterocycles. The number of nitrogens with zero attached hydrogens (tertiary/aromatic N) is 3. The highest BCUT2D eigenvalue weighted by molar-refractivity contribution is 14.0. The molecule has 2 rings (SSSR count). The lowest BCUT2D eigenvalue weighted by Crippen LogP contribution is -2.38. The lowest BCUT2D eigenvalue weighted by atomic mass is 10.1. The summed E-state index contributed by atoms with van der Waals surface area (Å²) in [4.78, 5) is 4.69. The summed E-state index contributed by atoms with van der Waals surface area (Å²) in [6.07, 6.45) is 0.950. The Balaban J connectivity index is 0.00000450. The van der Waals surface area contributed by atoms with E-state index in [4.69, 9.17) is 14.2 Å². The molecule has 1 heterocycles. The van der Waals surface area contributed by atoms with Crippen molar-refractivity contribution in [2.45, 2.75) is 40.3 Å². The Morgan fingerprint density at radius 1 is 1.00 bits per heavy atom. The Labute approximate surface area is 196 Å². The van der Waals surface area contributed by atoms with Gasteiger partial charge in [0.25, 0.3) is 0 Å². The fourth-order valence-electron chi connectivity index (χ4n) is 3.06. The van der Waals surface area contributed by atoms with Gasteiger partial charge in [0.2, 0.25) is 0 Å². The summed E-state index contributed by atoms with van der Waals surface area (Å²) in [5.74, 6) is 2.76. The van der Waals surface area contributed by atoms with E-state index in [1.54, 1.807) is 21.3 Å². The Hall–Kier alpha value is -2.17. The minimum Gasteiger partial charge on any atom is -0.496 e. The van der Waals surface area contributed by atoms with Crippen LogP contribution in [0.15, 0.2) is 23.2 Å². The number of aryl methyl sites for hydroxylation is 3. The van der Waals surface area contributed by atoms with E-state index in [0.29, 0.717) is 23.8 Å². The van der Waals surface area contributed by atoms with Crippen LogP contribution in [0.3, 0.4) is 0 Å². The minimum atomic E-state index is 0. The Kier molecular flexibility index (Phi) is 11.4. The average molecular weight is 531 g/mol. The summed E-state index contributed by atoms with van der Waals surface area (Å²) >= 11 is 0. The first-order valence-corrected chi connectivity index (χ1v) is 9.84. The molecule has 1 aromatic carbocycles. The summed E-state index contributed by atoms with van der Waals surface area (Å²) in [6.45, 7) is 9.05. The Morgan fingerprint density at radius 3 is 2.23 bits per heavy atom. The molecule has 0 radical (unpaired) electrons. The van der Waals surface area contributed by atoms with E-state index in [-0.39, 0.29) is 24.0 Å². The number of hydrogen-bond acceptors (Lipinski definition) is 5. The fraction of sp³-hybridized carbons (Fsp3) is 0.524. The van der Waals surface area contributed by atoms with Gasteiger partial charge in [-0.1, -0.05) is 0 Å². The highest BCUT2D eigenvalue weighted by Crippen LogP contribution is 2.34. The molecule has 0 saturated carbocycles. The molecule has 8 nitrogen and oxygen atoms in total. The van der Waals surface area contributed by atoms with Crippen LogP contribution in [-0.4, -0.2) is 50.2 Å². The third-order valence-electron chi connectivity index (χ3n) is 4.48. The van der Waals surface area contributed by atoms with Gasteiger partial charge in [0.05, 0.1) is 33.6 Å². The second kappa shape index (κ2) is 13.2. The molecule has 0 spiro atoms. The highest BCUT2D eigenvalue weighted by atomic mass is 127. The number of aliphatic imine (C=N–C) groups is 1. The van der Waals surface area contributed by atoms with E-state index < -0.39 is 0 Å². The van der Waals surface area contributed by atoms with Crippen molar-refractivity contribution in [1.82, 2.24) is 20.4 Å². The van der Waals surface area contributed by atoms with Gasteiger partial charge in [-0.2, -0.15) is 5.10 Å². The lowest BCUT2D eigenvalue weighted by Gasteiger charge is -2.14. The summed E-state index contributed by atoms with van der Waals surface area (Å²) < 4.78 is 18.3. The number of nitrogens with one attached hydrogen (secondary N) is 2. The predicted molar refractivity (Wildman–Crippen MR) is 131 cm³/mol. The van der Waals surface area contributed by atoms with E-state index >= 15 is 0 Å². The van der Waals surface area contributed by atoms with Crippen LogP contribution >= 0.6 is 24.0 Å². The summed E-state index contributed by atoms with van der Waals surface area (Å²) in [5.41, 5.74) is 3.16. The van der Waals surface area contributed by atoms with Gasteiger partial charge in [-0.05, 0) is 39.3 Å². The van der Waals surface area contributed by atoms with Gasteiger partial charge < -0.3 is 24.8 Å². The lowest BCUT2D eigenvalue weighted by molar-refractivity contribution is 0.347. The van der Waals surface area contributed by atoms with Gasteiger partial charge >= 0.3 is 0 Å². The molecule has 1 aromatic heterocycles. The second-order valence-corrected chi connectivity index (χ2v) is 6.64. The van der Waals surface area contributed by atoms with Gasteiger partial charge in [-0.15, -0.1) is 24.0 Å². The zero-order chi connectivity index (χ0) is 21.2. The molecule has 0 atom stereocenters. The first kappa shape index (κ1) is 25.9. The molecule has 30 heavy (non-hydrogen) atoms. The summed E-state index contributed by atoms with van der Waals surface area (Å²) in [6, 6.07) is 5.81. The molecule has 0 saturated heterocycles. The maximum atomic E-state index is 5.48. The third-order valence-corrected chi connectivity index (χ3v) is 4.48. The summed E-state index contributed by atoms with van der Waals surface area (Å²) in [7, 11) is 4.86. The maximum Gasteiger partial charge on any atom is 0.191 e. The molecule has 0 fully saturated rings. The first-order chi connectivity index (χ1) is 14.0. The number of benzene rings is 1. The summed E-state index contributed by atoms with van der Waals surface area (Å²) in [5, 5.41) is 11.1. The van der Waals surface area contributed by atoms with Crippen LogP contribution in [0.2, 0.25) is 0 Å². The molecule has 0 aliphatic rings. The average Bonchev–Trinajstić information content (AvgIpc) is 3.05. The van der Waals surface area contributed by atoms with E-state index in [9.17, 15) is 0 Å². The monoisotopic (exact) mass is 531 g/mol. The van der Waals surface area contributed by atoms with Crippen molar-refractivity contribution < 1.29 is 14.2 Å². The number of rotatable bonds is 10. The number of methoxy groups -OCH3 is 3. The van der Waals surface area contributed by atoms with Crippen molar-refractivity contribution in [2.24, 2.45) is 4.99 Å². The number of hydrogen-bond donors (Lipinski definition) is 2. The van der Waals surface area contributed by atoms with Crippen LogP contribution < -0.4 is 24.8 Å². The second-order valence-electron chi connectivity index (χ2n) is 6.64. The Bertz CT molecular complexity index is 823. The highest BCUT2D eigenvalue weighted by Gasteiger charge is 2.12. The maximum absolute atomic E-state index is 5.48. The van der Waals surface area contributed by atoms with Crippen molar-refractivity contribution in [3.05, 3.63) is 35.2 Å². The van der Waals surface area contributed by atoms with Crippen molar-refractivity contribution in [3.63, 3.8) is 0 Å². The van der Waals surface area contributed by atoms with Crippen LogP contribution in [0.4, 0.5) is 0 Å². The molecule has 0 bridgehead atoms. The smallest absolute Gasteiger partial charge is 0.191 e.